The van der Waals surface area contributed by atoms with Crippen molar-refractivity contribution in [3.63, 3.8) is 0 Å². The Morgan fingerprint density at radius 3 is 2.70 bits per heavy atom. The average molecular weight is 283 g/mol. The molecule has 112 valence electrons. The van der Waals surface area contributed by atoms with Crippen LogP contribution in [0, 0.1) is 17.6 Å². The summed E-state index contributed by atoms with van der Waals surface area (Å²) in [7, 11) is 1.66. The lowest BCUT2D eigenvalue weighted by molar-refractivity contribution is 0.197. The van der Waals surface area contributed by atoms with Crippen LogP contribution in [0.3, 0.4) is 0 Å². The fourth-order valence-electron chi connectivity index (χ4n) is 3.12. The van der Waals surface area contributed by atoms with E-state index in [1.807, 2.05) is 0 Å². The van der Waals surface area contributed by atoms with Gasteiger partial charge >= 0.3 is 0 Å². The quantitative estimate of drug-likeness (QED) is 0.774. The molecule has 1 saturated carbocycles. The van der Waals surface area contributed by atoms with Crippen LogP contribution in [0.15, 0.2) is 18.2 Å². The number of hydrogen-bond acceptors (Lipinski definition) is 2. The van der Waals surface area contributed by atoms with Crippen LogP contribution in [-0.4, -0.2) is 26.8 Å². The van der Waals surface area contributed by atoms with E-state index < -0.39 is 11.6 Å². The van der Waals surface area contributed by atoms with E-state index in [0.29, 0.717) is 18.1 Å². The maximum absolute atomic E-state index is 14.0. The van der Waals surface area contributed by atoms with E-state index in [0.717, 1.165) is 32.0 Å². The summed E-state index contributed by atoms with van der Waals surface area (Å²) in [5.41, 5.74) is 0.642. The highest BCUT2D eigenvalue weighted by molar-refractivity contribution is 5.24. The van der Waals surface area contributed by atoms with Crippen LogP contribution in [0.1, 0.15) is 37.2 Å². The van der Waals surface area contributed by atoms with Gasteiger partial charge in [-0.25, -0.2) is 8.78 Å². The van der Waals surface area contributed by atoms with Crippen LogP contribution in [0.5, 0.6) is 0 Å². The lowest BCUT2D eigenvalue weighted by Crippen LogP contribution is -2.29. The molecule has 0 heterocycles. The second kappa shape index (κ2) is 7.70. The highest BCUT2D eigenvalue weighted by Crippen LogP contribution is 2.37. The largest absolute Gasteiger partial charge is 0.383 e. The van der Waals surface area contributed by atoms with Gasteiger partial charge in [0, 0.05) is 32.2 Å². The first-order valence-electron chi connectivity index (χ1n) is 7.37. The van der Waals surface area contributed by atoms with Crippen molar-refractivity contribution in [2.45, 2.75) is 31.6 Å². The van der Waals surface area contributed by atoms with E-state index in [1.165, 1.54) is 18.9 Å². The molecule has 1 N–H and O–H groups in total. The van der Waals surface area contributed by atoms with Crippen molar-refractivity contribution in [3.05, 3.63) is 35.4 Å². The monoisotopic (exact) mass is 283 g/mol. The lowest BCUT2D eigenvalue weighted by Gasteiger charge is -2.25. The molecular weight excluding hydrogens is 260 g/mol. The van der Waals surface area contributed by atoms with Crippen molar-refractivity contribution in [2.75, 3.05) is 26.8 Å². The Kier molecular flexibility index (Phi) is 5.92. The summed E-state index contributed by atoms with van der Waals surface area (Å²) in [5.74, 6) is -0.320. The fourth-order valence-corrected chi connectivity index (χ4v) is 3.12. The van der Waals surface area contributed by atoms with Gasteiger partial charge in [0.25, 0.3) is 0 Å². The minimum absolute atomic E-state index is 0.120. The molecule has 1 aromatic rings. The van der Waals surface area contributed by atoms with E-state index in [4.69, 9.17) is 4.74 Å². The van der Waals surface area contributed by atoms with Crippen LogP contribution in [-0.2, 0) is 4.74 Å². The maximum Gasteiger partial charge on any atom is 0.129 e. The van der Waals surface area contributed by atoms with Crippen LogP contribution in [0.25, 0.3) is 0 Å². The zero-order valence-corrected chi connectivity index (χ0v) is 12.0. The van der Waals surface area contributed by atoms with Crippen molar-refractivity contribution in [2.24, 2.45) is 5.92 Å². The van der Waals surface area contributed by atoms with Crippen LogP contribution in [0.2, 0.25) is 0 Å². The van der Waals surface area contributed by atoms with Crippen LogP contribution in [0.4, 0.5) is 8.78 Å². The predicted molar refractivity (Wildman–Crippen MR) is 75.8 cm³/mol. The van der Waals surface area contributed by atoms with Crippen molar-refractivity contribution < 1.29 is 13.5 Å². The lowest BCUT2D eigenvalue weighted by atomic mass is 9.84. The molecule has 2 nitrogen and oxygen atoms in total. The molecule has 2 rings (SSSR count). The third kappa shape index (κ3) is 4.00. The normalized spacial score (nSPS) is 17.6. The van der Waals surface area contributed by atoms with Crippen molar-refractivity contribution in [1.82, 2.24) is 5.32 Å². The predicted octanol–water partition coefficient (Wildman–Crippen LogP) is 3.47. The van der Waals surface area contributed by atoms with E-state index in [9.17, 15) is 8.78 Å². The number of ether oxygens (including phenoxy) is 1. The second-order valence-electron chi connectivity index (χ2n) is 5.51. The third-order valence-corrected chi connectivity index (χ3v) is 4.18. The van der Waals surface area contributed by atoms with E-state index in [-0.39, 0.29) is 5.92 Å². The minimum atomic E-state index is -0.510. The molecule has 1 atom stereocenters. The van der Waals surface area contributed by atoms with Crippen LogP contribution >= 0.6 is 0 Å². The smallest absolute Gasteiger partial charge is 0.129 e. The molecule has 1 aromatic carbocycles. The summed E-state index contributed by atoms with van der Waals surface area (Å²) in [5, 5.41) is 3.32. The van der Waals surface area contributed by atoms with Gasteiger partial charge in [-0.15, -0.1) is 0 Å². The number of halogens is 2. The van der Waals surface area contributed by atoms with Gasteiger partial charge in [0.05, 0.1) is 6.61 Å². The SMILES string of the molecule is COCCNCC(c1ccc(F)cc1F)C1CCCC1. The van der Waals surface area contributed by atoms with E-state index in [2.05, 4.69) is 5.32 Å². The Hall–Kier alpha value is -1.00. The van der Waals surface area contributed by atoms with Gasteiger partial charge in [-0.1, -0.05) is 18.9 Å². The summed E-state index contributed by atoms with van der Waals surface area (Å²) in [6.45, 7) is 2.11. The summed E-state index contributed by atoms with van der Waals surface area (Å²) in [6.07, 6.45) is 4.69. The first kappa shape index (κ1) is 15.4. The number of benzene rings is 1. The van der Waals surface area contributed by atoms with Crippen molar-refractivity contribution in [1.29, 1.82) is 0 Å². The Bertz CT molecular complexity index is 419. The molecular formula is C16H23F2NO. The van der Waals surface area contributed by atoms with Crippen LogP contribution < -0.4 is 5.32 Å². The molecule has 1 aliphatic carbocycles. The van der Waals surface area contributed by atoms with Gasteiger partial charge in [-0.3, -0.25) is 0 Å². The molecule has 0 amide bonds. The zero-order chi connectivity index (χ0) is 14.4. The molecule has 0 saturated heterocycles. The maximum atomic E-state index is 14.0. The first-order chi connectivity index (χ1) is 9.72. The molecule has 1 unspecified atom stereocenters. The Balaban J connectivity index is 2.08. The average Bonchev–Trinajstić information content (AvgIpc) is 2.94. The summed E-state index contributed by atoms with van der Waals surface area (Å²) in [4.78, 5) is 0. The summed E-state index contributed by atoms with van der Waals surface area (Å²) < 4.78 is 32.1. The highest BCUT2D eigenvalue weighted by atomic mass is 19.1. The second-order valence-corrected chi connectivity index (χ2v) is 5.51. The highest BCUT2D eigenvalue weighted by Gasteiger charge is 2.28. The third-order valence-electron chi connectivity index (χ3n) is 4.18. The summed E-state index contributed by atoms with van der Waals surface area (Å²) in [6, 6.07) is 3.95. The zero-order valence-electron chi connectivity index (χ0n) is 12.0. The van der Waals surface area contributed by atoms with Gasteiger partial charge in [-0.05, 0) is 30.4 Å². The molecule has 1 aliphatic rings. The standard InChI is InChI=1S/C16H23F2NO/c1-20-9-8-19-11-15(12-4-2-3-5-12)14-7-6-13(17)10-16(14)18/h6-7,10,12,15,19H,2-5,8-9,11H2,1H3. The molecule has 0 radical (unpaired) electrons. The Labute approximate surface area is 119 Å². The number of hydrogen-bond donors (Lipinski definition) is 1. The van der Waals surface area contributed by atoms with Crippen molar-refractivity contribution >= 4 is 0 Å². The number of nitrogens with one attached hydrogen (secondary N) is 1. The fraction of sp³-hybridized carbons (Fsp3) is 0.625. The van der Waals surface area contributed by atoms with Gasteiger partial charge in [0.15, 0.2) is 0 Å². The van der Waals surface area contributed by atoms with E-state index >= 15 is 0 Å². The molecule has 0 aromatic heterocycles. The molecule has 4 heteroatoms. The summed E-state index contributed by atoms with van der Waals surface area (Å²) >= 11 is 0. The first-order valence-corrected chi connectivity index (χ1v) is 7.37. The molecule has 1 fully saturated rings. The molecule has 0 bridgehead atoms. The molecule has 0 aliphatic heterocycles. The number of methoxy groups -OCH3 is 1. The van der Waals surface area contributed by atoms with Gasteiger partial charge in [0.1, 0.15) is 11.6 Å². The van der Waals surface area contributed by atoms with Gasteiger partial charge in [0.2, 0.25) is 0 Å². The number of rotatable bonds is 7. The Morgan fingerprint density at radius 1 is 1.30 bits per heavy atom. The van der Waals surface area contributed by atoms with Gasteiger partial charge in [-0.2, -0.15) is 0 Å². The van der Waals surface area contributed by atoms with E-state index in [1.54, 1.807) is 13.2 Å². The molecule has 20 heavy (non-hydrogen) atoms. The minimum Gasteiger partial charge on any atom is -0.383 e. The topological polar surface area (TPSA) is 21.3 Å². The van der Waals surface area contributed by atoms with Gasteiger partial charge < -0.3 is 10.1 Å². The Morgan fingerprint density at radius 2 is 2.05 bits per heavy atom. The molecule has 0 spiro atoms. The van der Waals surface area contributed by atoms with Crippen molar-refractivity contribution in [3.8, 4) is 0 Å².